The van der Waals surface area contributed by atoms with Crippen LogP contribution in [0.2, 0.25) is 0 Å². The topological polar surface area (TPSA) is 52.6 Å². The third-order valence-electron chi connectivity index (χ3n) is 5.48. The summed E-state index contributed by atoms with van der Waals surface area (Å²) in [5, 5.41) is 8.07. The number of hydrogen-bond acceptors (Lipinski definition) is 3. The van der Waals surface area contributed by atoms with E-state index in [0.717, 1.165) is 43.4 Å². The second-order valence-electron chi connectivity index (χ2n) is 7.40. The normalized spacial score (nSPS) is 17.9. The number of para-hydroxylation sites is 1. The molecule has 1 aliphatic rings. The summed E-state index contributed by atoms with van der Waals surface area (Å²) in [5.74, 6) is 0.884. The van der Waals surface area contributed by atoms with Crippen molar-refractivity contribution in [2.75, 3.05) is 33.2 Å². The van der Waals surface area contributed by atoms with E-state index >= 15 is 0 Å². The van der Waals surface area contributed by atoms with E-state index in [9.17, 15) is 0 Å². The third kappa shape index (κ3) is 6.58. The van der Waals surface area contributed by atoms with Crippen LogP contribution in [0.5, 0.6) is 0 Å². The molecular weight excluding hydrogens is 461 g/mol. The van der Waals surface area contributed by atoms with E-state index in [2.05, 4.69) is 56.7 Å². The Hall–Kier alpha value is -1.41. The molecule has 0 radical (unpaired) electrons. The Balaban J connectivity index is 0.00000280. The zero-order valence-electron chi connectivity index (χ0n) is 17.2. The van der Waals surface area contributed by atoms with Gasteiger partial charge in [0.25, 0.3) is 0 Å². The number of piperidine rings is 1. The van der Waals surface area contributed by atoms with Crippen LogP contribution < -0.4 is 10.6 Å². The maximum Gasteiger partial charge on any atom is 0.190 e. The summed E-state index contributed by atoms with van der Waals surface area (Å²) >= 11 is 0. The number of aromatic nitrogens is 1. The van der Waals surface area contributed by atoms with Gasteiger partial charge in [-0.05, 0) is 50.8 Å². The first kappa shape index (κ1) is 22.9. The minimum Gasteiger partial charge on any atom is -0.356 e. The van der Waals surface area contributed by atoms with Crippen molar-refractivity contribution in [2.45, 2.75) is 45.1 Å². The van der Waals surface area contributed by atoms with E-state index < -0.39 is 0 Å². The minimum atomic E-state index is 0. The van der Waals surface area contributed by atoms with Crippen molar-refractivity contribution in [1.82, 2.24) is 20.5 Å². The summed E-state index contributed by atoms with van der Waals surface area (Å²) in [5.41, 5.74) is 2.37. The van der Waals surface area contributed by atoms with Crippen LogP contribution in [-0.2, 0) is 6.42 Å². The van der Waals surface area contributed by atoms with E-state index in [1.165, 1.54) is 43.3 Å². The first-order valence-corrected chi connectivity index (χ1v) is 10.3. The van der Waals surface area contributed by atoms with Gasteiger partial charge in [-0.1, -0.05) is 30.7 Å². The summed E-state index contributed by atoms with van der Waals surface area (Å²) < 4.78 is 0. The number of nitrogens with one attached hydrogen (secondary N) is 2. The van der Waals surface area contributed by atoms with Gasteiger partial charge in [-0.2, -0.15) is 0 Å². The van der Waals surface area contributed by atoms with Gasteiger partial charge in [0.1, 0.15) is 0 Å². The average molecular weight is 495 g/mol. The molecule has 1 aliphatic heterocycles. The molecule has 5 nitrogen and oxygen atoms in total. The van der Waals surface area contributed by atoms with Gasteiger partial charge in [0.05, 0.1) is 5.52 Å². The van der Waals surface area contributed by atoms with Crippen molar-refractivity contribution in [3.63, 3.8) is 0 Å². The van der Waals surface area contributed by atoms with Crippen LogP contribution in [0.1, 0.15) is 38.2 Å². The van der Waals surface area contributed by atoms with Crippen molar-refractivity contribution in [3.05, 3.63) is 42.1 Å². The van der Waals surface area contributed by atoms with Gasteiger partial charge in [0.2, 0.25) is 0 Å². The highest BCUT2D eigenvalue weighted by Crippen LogP contribution is 2.16. The largest absolute Gasteiger partial charge is 0.356 e. The van der Waals surface area contributed by atoms with Crippen LogP contribution in [0, 0.1) is 0 Å². The Labute approximate surface area is 186 Å². The molecule has 154 valence electrons. The Bertz CT molecular complexity index is 743. The maximum absolute atomic E-state index is 4.53. The fraction of sp³-hybridized carbons (Fsp3) is 0.545. The lowest BCUT2D eigenvalue weighted by atomic mass is 10.0. The molecule has 2 N–H and O–H groups in total. The smallest absolute Gasteiger partial charge is 0.190 e. The predicted octanol–water partition coefficient (Wildman–Crippen LogP) is 3.82. The lowest BCUT2D eigenvalue weighted by molar-refractivity contribution is 0.159. The number of pyridine rings is 1. The number of aliphatic imine (C=N–C) groups is 1. The molecular formula is C22H34IN5. The summed E-state index contributed by atoms with van der Waals surface area (Å²) in [6, 6.07) is 11.2. The molecule has 1 fully saturated rings. The predicted molar refractivity (Wildman–Crippen MR) is 130 cm³/mol. The fourth-order valence-electron chi connectivity index (χ4n) is 3.88. The molecule has 0 spiro atoms. The van der Waals surface area contributed by atoms with Crippen LogP contribution >= 0.6 is 24.0 Å². The molecule has 1 aromatic heterocycles. The highest BCUT2D eigenvalue weighted by atomic mass is 127. The number of fused-ring (bicyclic) bond motifs is 1. The van der Waals surface area contributed by atoms with Gasteiger partial charge in [0, 0.05) is 44.3 Å². The molecule has 3 rings (SSSR count). The van der Waals surface area contributed by atoms with Crippen molar-refractivity contribution >= 4 is 40.8 Å². The monoisotopic (exact) mass is 495 g/mol. The first-order chi connectivity index (χ1) is 13.3. The number of guanidine groups is 1. The van der Waals surface area contributed by atoms with Crippen LogP contribution in [0.15, 0.2) is 41.5 Å². The first-order valence-electron chi connectivity index (χ1n) is 10.3. The molecule has 1 saturated heterocycles. The van der Waals surface area contributed by atoms with Gasteiger partial charge in [0.15, 0.2) is 5.96 Å². The molecule has 0 bridgehead atoms. The zero-order valence-corrected chi connectivity index (χ0v) is 19.5. The van der Waals surface area contributed by atoms with Crippen molar-refractivity contribution < 1.29 is 0 Å². The number of nitrogens with zero attached hydrogens (tertiary/aromatic N) is 3. The Morgan fingerprint density at radius 3 is 2.82 bits per heavy atom. The molecule has 2 aromatic rings. The molecule has 0 amide bonds. The summed E-state index contributed by atoms with van der Waals surface area (Å²) in [6.07, 6.45) is 8.03. The van der Waals surface area contributed by atoms with Crippen LogP contribution in [0.25, 0.3) is 10.9 Å². The van der Waals surface area contributed by atoms with E-state index in [-0.39, 0.29) is 24.0 Å². The molecule has 1 unspecified atom stereocenters. The maximum atomic E-state index is 4.53. The second-order valence-corrected chi connectivity index (χ2v) is 7.40. The van der Waals surface area contributed by atoms with Crippen molar-refractivity contribution in [1.29, 1.82) is 0 Å². The standard InChI is InChI=1S/C22H33N5.HI/c1-18-8-3-4-16-27(18)17-7-14-25-22(23-2)26-15-12-20-10-5-9-19-11-6-13-24-21(19)20;/h5-6,9-11,13,18H,3-4,7-8,12,14-17H2,1-2H3,(H2,23,25,26);1H. The minimum absolute atomic E-state index is 0. The summed E-state index contributed by atoms with van der Waals surface area (Å²) in [6.45, 7) is 6.59. The van der Waals surface area contributed by atoms with Gasteiger partial charge in [-0.15, -0.1) is 24.0 Å². The molecule has 1 atom stereocenters. The number of rotatable bonds is 7. The van der Waals surface area contributed by atoms with Crippen LogP contribution in [-0.4, -0.2) is 55.1 Å². The van der Waals surface area contributed by atoms with Gasteiger partial charge >= 0.3 is 0 Å². The van der Waals surface area contributed by atoms with Crippen molar-refractivity contribution in [3.8, 4) is 0 Å². The molecule has 0 aliphatic carbocycles. The Morgan fingerprint density at radius 2 is 2.00 bits per heavy atom. The van der Waals surface area contributed by atoms with Gasteiger partial charge < -0.3 is 15.5 Å². The Kier molecular flexibility index (Phi) is 9.98. The number of benzene rings is 1. The Morgan fingerprint density at radius 1 is 1.18 bits per heavy atom. The van der Waals surface area contributed by atoms with E-state index in [1.54, 1.807) is 0 Å². The molecule has 1 aromatic carbocycles. The fourth-order valence-corrected chi connectivity index (χ4v) is 3.88. The molecule has 28 heavy (non-hydrogen) atoms. The highest BCUT2D eigenvalue weighted by Gasteiger charge is 2.17. The molecule has 0 saturated carbocycles. The van der Waals surface area contributed by atoms with Gasteiger partial charge in [-0.25, -0.2) is 0 Å². The van der Waals surface area contributed by atoms with E-state index in [1.807, 2.05) is 19.3 Å². The number of likely N-dealkylation sites (tertiary alicyclic amines) is 1. The zero-order chi connectivity index (χ0) is 18.9. The average Bonchev–Trinajstić information content (AvgIpc) is 2.71. The lowest BCUT2D eigenvalue weighted by Crippen LogP contribution is -2.41. The number of halogens is 1. The van der Waals surface area contributed by atoms with E-state index in [0.29, 0.717) is 0 Å². The summed E-state index contributed by atoms with van der Waals surface area (Å²) in [4.78, 5) is 11.5. The second kappa shape index (κ2) is 12.2. The molecule has 6 heteroatoms. The van der Waals surface area contributed by atoms with Gasteiger partial charge in [-0.3, -0.25) is 9.98 Å². The third-order valence-corrected chi connectivity index (χ3v) is 5.48. The van der Waals surface area contributed by atoms with E-state index in [4.69, 9.17) is 0 Å². The number of hydrogen-bond donors (Lipinski definition) is 2. The summed E-state index contributed by atoms with van der Waals surface area (Å²) in [7, 11) is 1.83. The highest BCUT2D eigenvalue weighted by molar-refractivity contribution is 14.0. The van der Waals surface area contributed by atoms with Crippen LogP contribution in [0.3, 0.4) is 0 Å². The molecule has 2 heterocycles. The quantitative estimate of drug-likeness (QED) is 0.266. The SMILES string of the molecule is CN=C(NCCCN1CCCCC1C)NCCc1cccc2cccnc12.I. The van der Waals surface area contributed by atoms with Crippen molar-refractivity contribution in [2.24, 2.45) is 4.99 Å². The van der Waals surface area contributed by atoms with Crippen LogP contribution in [0.4, 0.5) is 0 Å². The lowest BCUT2D eigenvalue weighted by Gasteiger charge is -2.33.